The third kappa shape index (κ3) is 5.47. The highest BCUT2D eigenvalue weighted by molar-refractivity contribution is 7.11. The number of nitro groups is 1. The molecular weight excluding hydrogens is 412 g/mol. The fraction of sp³-hybridized carbons (Fsp3) is 0.217. The SMILES string of the molecule is COc1ccc(NC=C(C#N)c2nc(-c3ccc(CC(C)C)cc3)cs2)c([N+](=O)[O-])c1. The quantitative estimate of drug-likeness (QED) is 0.269. The van der Waals surface area contributed by atoms with Gasteiger partial charge in [-0.15, -0.1) is 11.3 Å². The number of thiazole rings is 1. The van der Waals surface area contributed by atoms with E-state index in [1.165, 1.54) is 42.3 Å². The molecule has 3 aromatic rings. The van der Waals surface area contributed by atoms with Gasteiger partial charge in [-0.3, -0.25) is 10.1 Å². The molecule has 1 aromatic heterocycles. The lowest BCUT2D eigenvalue weighted by Gasteiger charge is -2.06. The van der Waals surface area contributed by atoms with E-state index >= 15 is 0 Å². The molecule has 0 spiro atoms. The molecular formula is C23H22N4O3S. The molecule has 0 unspecified atom stereocenters. The first kappa shape index (κ1) is 22.0. The predicted octanol–water partition coefficient (Wildman–Crippen LogP) is 5.90. The van der Waals surface area contributed by atoms with Gasteiger partial charge in [-0.05, 0) is 30.0 Å². The number of nitriles is 1. The molecule has 0 bridgehead atoms. The summed E-state index contributed by atoms with van der Waals surface area (Å²) in [6.07, 6.45) is 2.45. The summed E-state index contributed by atoms with van der Waals surface area (Å²) >= 11 is 1.35. The maximum Gasteiger partial charge on any atom is 0.296 e. The van der Waals surface area contributed by atoms with Crippen LogP contribution in [0.5, 0.6) is 5.75 Å². The minimum absolute atomic E-state index is 0.144. The van der Waals surface area contributed by atoms with Gasteiger partial charge in [-0.2, -0.15) is 5.26 Å². The lowest BCUT2D eigenvalue weighted by Crippen LogP contribution is -1.98. The number of hydrogen-bond acceptors (Lipinski definition) is 7. The summed E-state index contributed by atoms with van der Waals surface area (Å²) < 4.78 is 5.04. The zero-order valence-corrected chi connectivity index (χ0v) is 18.3. The molecule has 0 amide bonds. The number of hydrogen-bond donors (Lipinski definition) is 1. The second kappa shape index (κ2) is 9.87. The van der Waals surface area contributed by atoms with Crippen LogP contribution in [0.3, 0.4) is 0 Å². The van der Waals surface area contributed by atoms with Gasteiger partial charge in [0.2, 0.25) is 0 Å². The first-order valence-corrected chi connectivity index (χ1v) is 10.5. The highest BCUT2D eigenvalue weighted by Crippen LogP contribution is 2.30. The Hall–Kier alpha value is -3.70. The van der Waals surface area contributed by atoms with E-state index in [1.807, 2.05) is 17.5 Å². The summed E-state index contributed by atoms with van der Waals surface area (Å²) in [6, 6.07) is 14.8. The fourth-order valence-electron chi connectivity index (χ4n) is 3.02. The number of aromatic nitrogens is 1. The van der Waals surface area contributed by atoms with Crippen LogP contribution in [0, 0.1) is 27.4 Å². The Balaban J connectivity index is 1.81. The normalized spacial score (nSPS) is 11.3. The molecule has 8 heteroatoms. The molecule has 0 saturated heterocycles. The van der Waals surface area contributed by atoms with Crippen LogP contribution in [-0.2, 0) is 6.42 Å². The maximum absolute atomic E-state index is 11.3. The highest BCUT2D eigenvalue weighted by atomic mass is 32.1. The highest BCUT2D eigenvalue weighted by Gasteiger charge is 2.15. The van der Waals surface area contributed by atoms with Crippen molar-refractivity contribution in [1.82, 2.24) is 4.98 Å². The number of nitro benzene ring substituents is 1. The molecule has 1 heterocycles. The van der Waals surface area contributed by atoms with Crippen molar-refractivity contribution in [3.05, 3.63) is 74.7 Å². The summed E-state index contributed by atoms with van der Waals surface area (Å²) in [5, 5.41) is 26.2. The van der Waals surface area contributed by atoms with E-state index in [-0.39, 0.29) is 16.9 Å². The number of anilines is 1. The minimum atomic E-state index is -0.505. The van der Waals surface area contributed by atoms with Crippen LogP contribution in [0.2, 0.25) is 0 Å². The summed E-state index contributed by atoms with van der Waals surface area (Å²) in [4.78, 5) is 15.4. The Morgan fingerprint density at radius 1 is 1.32 bits per heavy atom. The summed E-state index contributed by atoms with van der Waals surface area (Å²) in [6.45, 7) is 4.37. The van der Waals surface area contributed by atoms with Gasteiger partial charge in [-0.25, -0.2) is 4.98 Å². The molecule has 0 aliphatic carbocycles. The molecule has 2 aromatic carbocycles. The van der Waals surface area contributed by atoms with Gasteiger partial charge < -0.3 is 10.1 Å². The summed E-state index contributed by atoms with van der Waals surface area (Å²) in [7, 11) is 1.44. The van der Waals surface area contributed by atoms with Crippen molar-refractivity contribution in [1.29, 1.82) is 5.26 Å². The minimum Gasteiger partial charge on any atom is -0.496 e. The number of rotatable bonds is 8. The largest absolute Gasteiger partial charge is 0.496 e. The monoisotopic (exact) mass is 434 g/mol. The third-order valence-corrected chi connectivity index (χ3v) is 5.40. The maximum atomic E-state index is 11.3. The van der Waals surface area contributed by atoms with Crippen molar-refractivity contribution in [2.45, 2.75) is 20.3 Å². The Bertz CT molecular complexity index is 1140. The van der Waals surface area contributed by atoms with Gasteiger partial charge in [0.1, 0.15) is 28.1 Å². The average Bonchev–Trinajstić information content (AvgIpc) is 3.24. The van der Waals surface area contributed by atoms with Crippen LogP contribution in [-0.4, -0.2) is 17.0 Å². The van der Waals surface area contributed by atoms with Gasteiger partial charge >= 0.3 is 0 Å². The molecule has 3 rings (SSSR count). The molecule has 0 saturated carbocycles. The van der Waals surface area contributed by atoms with Crippen molar-refractivity contribution in [2.75, 3.05) is 12.4 Å². The van der Waals surface area contributed by atoms with E-state index in [0.29, 0.717) is 16.7 Å². The first-order chi connectivity index (χ1) is 14.9. The van der Waals surface area contributed by atoms with Gasteiger partial charge in [0, 0.05) is 17.1 Å². The Kier molecular flexibility index (Phi) is 7.00. The zero-order chi connectivity index (χ0) is 22.4. The fourth-order valence-corrected chi connectivity index (χ4v) is 3.81. The Morgan fingerprint density at radius 3 is 2.68 bits per heavy atom. The number of nitrogens with zero attached hydrogens (tertiary/aromatic N) is 3. The number of nitrogens with one attached hydrogen (secondary N) is 1. The van der Waals surface area contributed by atoms with Crippen LogP contribution in [0.25, 0.3) is 16.8 Å². The summed E-state index contributed by atoms with van der Waals surface area (Å²) in [5.74, 6) is 0.972. The standard InChI is InChI=1S/C23H22N4O3S/c1-15(2)10-16-4-6-17(7-5-16)21-14-31-23(26-21)18(12-24)13-25-20-9-8-19(30-3)11-22(20)27(28)29/h4-9,11,13-15,25H,10H2,1-3H3. The van der Waals surface area contributed by atoms with Gasteiger partial charge in [0.25, 0.3) is 5.69 Å². The van der Waals surface area contributed by atoms with E-state index in [9.17, 15) is 15.4 Å². The van der Waals surface area contributed by atoms with Crippen LogP contribution >= 0.6 is 11.3 Å². The molecule has 0 aliphatic heterocycles. The van der Waals surface area contributed by atoms with E-state index in [0.717, 1.165) is 17.7 Å². The lowest BCUT2D eigenvalue weighted by atomic mass is 10.0. The smallest absolute Gasteiger partial charge is 0.296 e. The molecule has 0 radical (unpaired) electrons. The van der Waals surface area contributed by atoms with Gasteiger partial charge in [0.15, 0.2) is 0 Å². The molecule has 31 heavy (non-hydrogen) atoms. The average molecular weight is 435 g/mol. The second-order valence-electron chi connectivity index (χ2n) is 7.29. The van der Waals surface area contributed by atoms with Crippen molar-refractivity contribution in [3.8, 4) is 23.1 Å². The Morgan fingerprint density at radius 2 is 2.06 bits per heavy atom. The molecule has 158 valence electrons. The van der Waals surface area contributed by atoms with E-state index in [2.05, 4.69) is 42.4 Å². The van der Waals surface area contributed by atoms with Crippen molar-refractivity contribution in [3.63, 3.8) is 0 Å². The molecule has 0 fully saturated rings. The van der Waals surface area contributed by atoms with E-state index in [4.69, 9.17) is 4.74 Å². The van der Waals surface area contributed by atoms with Gasteiger partial charge in [-0.1, -0.05) is 38.1 Å². The van der Waals surface area contributed by atoms with Crippen molar-refractivity contribution >= 4 is 28.3 Å². The zero-order valence-electron chi connectivity index (χ0n) is 17.5. The lowest BCUT2D eigenvalue weighted by molar-refractivity contribution is -0.384. The molecule has 0 atom stereocenters. The number of methoxy groups -OCH3 is 1. The van der Waals surface area contributed by atoms with Crippen LogP contribution in [0.4, 0.5) is 11.4 Å². The number of benzene rings is 2. The van der Waals surface area contributed by atoms with Gasteiger partial charge in [0.05, 0.1) is 23.8 Å². The second-order valence-corrected chi connectivity index (χ2v) is 8.15. The van der Waals surface area contributed by atoms with Crippen LogP contribution in [0.15, 0.2) is 54.0 Å². The third-order valence-electron chi connectivity index (χ3n) is 4.52. The topological polar surface area (TPSA) is 101 Å². The predicted molar refractivity (Wildman–Crippen MR) is 123 cm³/mol. The van der Waals surface area contributed by atoms with Crippen molar-refractivity contribution in [2.24, 2.45) is 5.92 Å². The van der Waals surface area contributed by atoms with Crippen molar-refractivity contribution < 1.29 is 9.66 Å². The molecule has 1 N–H and O–H groups in total. The molecule has 7 nitrogen and oxygen atoms in total. The Labute approximate surface area is 184 Å². The molecule has 0 aliphatic rings. The number of allylic oxidation sites excluding steroid dienone is 1. The van der Waals surface area contributed by atoms with E-state index in [1.54, 1.807) is 6.07 Å². The van der Waals surface area contributed by atoms with Crippen LogP contribution < -0.4 is 10.1 Å². The van der Waals surface area contributed by atoms with Crippen LogP contribution in [0.1, 0.15) is 24.4 Å². The van der Waals surface area contributed by atoms with E-state index < -0.39 is 4.92 Å². The summed E-state index contributed by atoms with van der Waals surface area (Å²) in [5.41, 5.74) is 3.44. The first-order valence-electron chi connectivity index (χ1n) is 9.65. The number of ether oxygens (including phenoxy) is 1.